The number of halogens is 1. The van der Waals surface area contributed by atoms with E-state index < -0.39 is 0 Å². The van der Waals surface area contributed by atoms with Crippen LogP contribution in [0.15, 0.2) is 36.4 Å². The van der Waals surface area contributed by atoms with Crippen molar-refractivity contribution in [2.75, 3.05) is 24.3 Å². The summed E-state index contributed by atoms with van der Waals surface area (Å²) in [5.74, 6) is 0.770. The van der Waals surface area contributed by atoms with Gasteiger partial charge in [0.2, 0.25) is 0 Å². The Hall–Kier alpha value is -2.25. The van der Waals surface area contributed by atoms with E-state index in [0.29, 0.717) is 17.1 Å². The zero-order chi connectivity index (χ0) is 14.5. The largest absolute Gasteiger partial charge is 0.373 e. The molecule has 0 fully saturated rings. The molecule has 0 saturated carbocycles. The highest BCUT2D eigenvalue weighted by Crippen LogP contribution is 2.23. The van der Waals surface area contributed by atoms with E-state index in [1.165, 1.54) is 0 Å². The van der Waals surface area contributed by atoms with Gasteiger partial charge in [-0.05, 0) is 24.3 Å². The number of pyridine rings is 1. The van der Waals surface area contributed by atoms with E-state index in [1.54, 1.807) is 6.07 Å². The van der Waals surface area contributed by atoms with Crippen LogP contribution in [0.4, 0.5) is 11.5 Å². The average Bonchev–Trinajstić information content (AvgIpc) is 2.49. The Morgan fingerprint density at radius 1 is 1.30 bits per heavy atom. The number of anilines is 2. The van der Waals surface area contributed by atoms with Gasteiger partial charge < -0.3 is 10.2 Å². The van der Waals surface area contributed by atoms with Crippen LogP contribution in [0, 0.1) is 11.3 Å². The molecule has 102 valence electrons. The standard InChI is InChI=1S/C15H15ClN4/c1-18-15-8-7-12(16)13(19-15)10-20(2)14-6-4-3-5-11(14)9-17/h3-8H,10H2,1-2H3,(H,18,19). The van der Waals surface area contributed by atoms with Gasteiger partial charge in [-0.1, -0.05) is 23.7 Å². The average molecular weight is 287 g/mol. The molecule has 1 aromatic carbocycles. The first-order chi connectivity index (χ1) is 9.65. The molecular formula is C15H15ClN4. The minimum absolute atomic E-state index is 0.535. The molecule has 1 N–H and O–H groups in total. The summed E-state index contributed by atoms with van der Waals surface area (Å²) in [6.45, 7) is 0.535. The maximum absolute atomic E-state index is 9.14. The van der Waals surface area contributed by atoms with E-state index in [2.05, 4.69) is 16.4 Å². The Kier molecular flexibility index (Phi) is 4.44. The summed E-state index contributed by atoms with van der Waals surface area (Å²) in [5, 5.41) is 12.7. The molecule has 1 heterocycles. The van der Waals surface area contributed by atoms with Gasteiger partial charge in [0.05, 0.1) is 28.5 Å². The van der Waals surface area contributed by atoms with Gasteiger partial charge in [0.25, 0.3) is 0 Å². The highest BCUT2D eigenvalue weighted by Gasteiger charge is 2.10. The molecule has 0 saturated heterocycles. The van der Waals surface area contributed by atoms with Crippen LogP contribution in [-0.4, -0.2) is 19.1 Å². The number of rotatable bonds is 4. The van der Waals surface area contributed by atoms with Gasteiger partial charge in [0.1, 0.15) is 11.9 Å². The van der Waals surface area contributed by atoms with Crippen LogP contribution in [0.5, 0.6) is 0 Å². The van der Waals surface area contributed by atoms with Crippen molar-refractivity contribution in [1.29, 1.82) is 5.26 Å². The summed E-state index contributed by atoms with van der Waals surface area (Å²) in [6.07, 6.45) is 0. The molecule has 0 unspecified atom stereocenters. The summed E-state index contributed by atoms with van der Waals surface area (Å²) in [7, 11) is 3.73. The second kappa shape index (κ2) is 6.27. The number of benzene rings is 1. The highest BCUT2D eigenvalue weighted by molar-refractivity contribution is 6.31. The smallest absolute Gasteiger partial charge is 0.126 e. The molecule has 0 amide bonds. The maximum atomic E-state index is 9.14. The Labute approximate surface area is 123 Å². The number of hydrogen-bond acceptors (Lipinski definition) is 4. The normalized spacial score (nSPS) is 9.90. The molecule has 0 aliphatic rings. The first-order valence-corrected chi connectivity index (χ1v) is 6.57. The number of nitrogens with one attached hydrogen (secondary N) is 1. The first-order valence-electron chi connectivity index (χ1n) is 6.19. The van der Waals surface area contributed by atoms with Crippen molar-refractivity contribution in [2.24, 2.45) is 0 Å². The van der Waals surface area contributed by atoms with Crippen molar-refractivity contribution in [1.82, 2.24) is 4.98 Å². The second-order valence-corrected chi connectivity index (χ2v) is 4.77. The fourth-order valence-electron chi connectivity index (χ4n) is 1.95. The minimum atomic E-state index is 0.535. The lowest BCUT2D eigenvalue weighted by Gasteiger charge is -2.20. The second-order valence-electron chi connectivity index (χ2n) is 4.36. The molecule has 5 heteroatoms. The Bertz CT molecular complexity index is 649. The highest BCUT2D eigenvalue weighted by atomic mass is 35.5. The zero-order valence-corrected chi connectivity index (χ0v) is 12.1. The molecule has 0 aliphatic carbocycles. The van der Waals surface area contributed by atoms with E-state index in [9.17, 15) is 0 Å². The van der Waals surface area contributed by atoms with Gasteiger partial charge in [0.15, 0.2) is 0 Å². The van der Waals surface area contributed by atoms with Gasteiger partial charge in [-0.2, -0.15) is 5.26 Å². The monoisotopic (exact) mass is 286 g/mol. The van der Waals surface area contributed by atoms with Gasteiger partial charge in [-0.3, -0.25) is 0 Å². The predicted molar refractivity (Wildman–Crippen MR) is 82.1 cm³/mol. The third kappa shape index (κ3) is 3.01. The summed E-state index contributed by atoms with van der Waals surface area (Å²) in [5.41, 5.74) is 2.27. The van der Waals surface area contributed by atoms with Gasteiger partial charge in [-0.25, -0.2) is 4.98 Å². The lowest BCUT2D eigenvalue weighted by Crippen LogP contribution is -2.18. The molecule has 2 rings (SSSR count). The topological polar surface area (TPSA) is 52.0 Å². The minimum Gasteiger partial charge on any atom is -0.373 e. The number of nitriles is 1. The molecule has 20 heavy (non-hydrogen) atoms. The number of aromatic nitrogens is 1. The summed E-state index contributed by atoms with van der Waals surface area (Å²) in [6, 6.07) is 13.3. The SMILES string of the molecule is CNc1ccc(Cl)c(CN(C)c2ccccc2C#N)n1. The lowest BCUT2D eigenvalue weighted by atomic mass is 10.1. The van der Waals surface area contributed by atoms with Crippen LogP contribution in [0.25, 0.3) is 0 Å². The van der Waals surface area contributed by atoms with Gasteiger partial charge in [0, 0.05) is 14.1 Å². The van der Waals surface area contributed by atoms with Crippen molar-refractivity contribution in [3.8, 4) is 6.07 Å². The van der Waals surface area contributed by atoms with Gasteiger partial charge >= 0.3 is 0 Å². The van der Waals surface area contributed by atoms with Gasteiger partial charge in [-0.15, -0.1) is 0 Å². The van der Waals surface area contributed by atoms with Crippen molar-refractivity contribution < 1.29 is 0 Å². The fourth-order valence-corrected chi connectivity index (χ4v) is 2.11. The molecule has 0 spiro atoms. The van der Waals surface area contributed by atoms with E-state index in [0.717, 1.165) is 17.2 Å². The first kappa shape index (κ1) is 14.2. The van der Waals surface area contributed by atoms with Crippen LogP contribution in [0.3, 0.4) is 0 Å². The third-order valence-corrected chi connectivity index (χ3v) is 3.34. The van der Waals surface area contributed by atoms with E-state index >= 15 is 0 Å². The van der Waals surface area contributed by atoms with Crippen LogP contribution in [0.2, 0.25) is 5.02 Å². The van der Waals surface area contributed by atoms with E-state index in [4.69, 9.17) is 16.9 Å². The molecule has 1 aromatic heterocycles. The van der Waals surface area contributed by atoms with Crippen LogP contribution in [0.1, 0.15) is 11.3 Å². The molecular weight excluding hydrogens is 272 g/mol. The molecule has 0 radical (unpaired) electrons. The predicted octanol–water partition coefficient (Wildman–Crippen LogP) is 3.28. The Morgan fingerprint density at radius 2 is 2.05 bits per heavy atom. The summed E-state index contributed by atoms with van der Waals surface area (Å²) >= 11 is 6.18. The maximum Gasteiger partial charge on any atom is 0.126 e. The van der Waals surface area contributed by atoms with Crippen molar-refractivity contribution in [3.05, 3.63) is 52.7 Å². The van der Waals surface area contributed by atoms with Crippen molar-refractivity contribution in [3.63, 3.8) is 0 Å². The van der Waals surface area contributed by atoms with Crippen molar-refractivity contribution >= 4 is 23.1 Å². The van der Waals surface area contributed by atoms with Crippen molar-refractivity contribution in [2.45, 2.75) is 6.54 Å². The van der Waals surface area contributed by atoms with Crippen LogP contribution < -0.4 is 10.2 Å². The Morgan fingerprint density at radius 3 is 2.75 bits per heavy atom. The van der Waals surface area contributed by atoms with Crippen LogP contribution >= 0.6 is 11.6 Å². The number of nitrogens with zero attached hydrogens (tertiary/aromatic N) is 3. The van der Waals surface area contributed by atoms with Crippen LogP contribution in [-0.2, 0) is 6.54 Å². The summed E-state index contributed by atoms with van der Waals surface area (Å²) < 4.78 is 0. The molecule has 0 bridgehead atoms. The van der Waals surface area contributed by atoms with E-state index in [-0.39, 0.29) is 0 Å². The fraction of sp³-hybridized carbons (Fsp3) is 0.200. The molecule has 0 aliphatic heterocycles. The number of para-hydroxylation sites is 1. The molecule has 4 nitrogen and oxygen atoms in total. The molecule has 2 aromatic rings. The third-order valence-electron chi connectivity index (χ3n) is 3.00. The molecule has 0 atom stereocenters. The summed E-state index contributed by atoms with van der Waals surface area (Å²) in [4.78, 5) is 6.41. The quantitative estimate of drug-likeness (QED) is 0.937. The Balaban J connectivity index is 2.28. The zero-order valence-electron chi connectivity index (χ0n) is 11.4. The number of hydrogen-bond donors (Lipinski definition) is 1. The van der Waals surface area contributed by atoms with E-state index in [1.807, 2.05) is 49.3 Å². The lowest BCUT2D eigenvalue weighted by molar-refractivity contribution is 0.885.